The van der Waals surface area contributed by atoms with Crippen molar-refractivity contribution in [3.8, 4) is 16.9 Å². The summed E-state index contributed by atoms with van der Waals surface area (Å²) >= 11 is 0. The van der Waals surface area contributed by atoms with Crippen LogP contribution >= 0.6 is 7.60 Å². The van der Waals surface area contributed by atoms with Crippen molar-refractivity contribution in [2.75, 3.05) is 0 Å². The molecule has 0 amide bonds. The van der Waals surface area contributed by atoms with E-state index in [9.17, 15) is 9.46 Å². The van der Waals surface area contributed by atoms with Crippen LogP contribution in [0, 0.1) is 13.8 Å². The summed E-state index contributed by atoms with van der Waals surface area (Å²) in [5.74, 6) is 0.420. The maximum Gasteiger partial charge on any atom is 0.408 e. The van der Waals surface area contributed by atoms with Gasteiger partial charge in [-0.3, -0.25) is 0 Å². The molecule has 0 saturated carbocycles. The Kier molecular flexibility index (Phi) is 4.57. The van der Waals surface area contributed by atoms with E-state index < -0.39 is 7.60 Å². The maximum absolute atomic E-state index is 12.6. The molecule has 3 nitrogen and oxygen atoms in total. The highest BCUT2D eigenvalue weighted by atomic mass is 31.2. The molecule has 24 heavy (non-hydrogen) atoms. The minimum atomic E-state index is -3.92. The summed E-state index contributed by atoms with van der Waals surface area (Å²) in [6.07, 6.45) is 0. The lowest BCUT2D eigenvalue weighted by Gasteiger charge is -2.17. The molecule has 1 N–H and O–H groups in total. The van der Waals surface area contributed by atoms with Crippen molar-refractivity contribution in [2.45, 2.75) is 13.8 Å². The minimum Gasteiger partial charge on any atom is -0.421 e. The van der Waals surface area contributed by atoms with Gasteiger partial charge in [0.2, 0.25) is 0 Å². The Balaban J connectivity index is 1.91. The molecule has 0 aromatic heterocycles. The first-order valence-corrected chi connectivity index (χ1v) is 9.30. The molecule has 0 bridgehead atoms. The Morgan fingerprint density at radius 1 is 0.792 bits per heavy atom. The SMILES string of the molecule is Cc1cc(-c2ccccc2)ccc1OP(=O)(O)c1ccccc1C. The van der Waals surface area contributed by atoms with Crippen molar-refractivity contribution >= 4 is 12.9 Å². The zero-order valence-electron chi connectivity index (χ0n) is 13.6. The average molecular weight is 338 g/mol. The lowest BCUT2D eigenvalue weighted by molar-refractivity contribution is 0.392. The zero-order valence-corrected chi connectivity index (χ0v) is 14.5. The van der Waals surface area contributed by atoms with Crippen LogP contribution in [0.1, 0.15) is 11.1 Å². The topological polar surface area (TPSA) is 46.5 Å². The summed E-state index contributed by atoms with van der Waals surface area (Å²) in [5, 5.41) is 0.330. The van der Waals surface area contributed by atoms with Crippen LogP contribution in [0.25, 0.3) is 11.1 Å². The fourth-order valence-electron chi connectivity index (χ4n) is 2.62. The molecule has 0 aliphatic carbocycles. The fraction of sp³-hybridized carbons (Fsp3) is 0.100. The third kappa shape index (κ3) is 3.43. The van der Waals surface area contributed by atoms with E-state index >= 15 is 0 Å². The summed E-state index contributed by atoms with van der Waals surface area (Å²) in [6.45, 7) is 3.67. The van der Waals surface area contributed by atoms with Gasteiger partial charge in [-0.05, 0) is 54.3 Å². The van der Waals surface area contributed by atoms with Crippen LogP contribution in [0.4, 0.5) is 0 Å². The Morgan fingerprint density at radius 3 is 2.12 bits per heavy atom. The summed E-state index contributed by atoms with van der Waals surface area (Å²) in [5.41, 5.74) is 3.70. The van der Waals surface area contributed by atoms with Crippen molar-refractivity contribution in [1.82, 2.24) is 0 Å². The molecule has 0 fully saturated rings. The van der Waals surface area contributed by atoms with E-state index in [1.165, 1.54) is 0 Å². The van der Waals surface area contributed by atoms with E-state index in [1.54, 1.807) is 31.2 Å². The van der Waals surface area contributed by atoms with E-state index in [0.29, 0.717) is 11.1 Å². The Morgan fingerprint density at radius 2 is 1.46 bits per heavy atom. The van der Waals surface area contributed by atoms with Gasteiger partial charge in [-0.25, -0.2) is 4.57 Å². The van der Waals surface area contributed by atoms with Crippen LogP contribution in [0.15, 0.2) is 72.8 Å². The molecule has 3 rings (SSSR count). The highest BCUT2D eigenvalue weighted by molar-refractivity contribution is 7.61. The molecular weight excluding hydrogens is 319 g/mol. The van der Waals surface area contributed by atoms with Gasteiger partial charge in [0.05, 0.1) is 5.30 Å². The fourth-order valence-corrected chi connectivity index (χ4v) is 3.99. The van der Waals surface area contributed by atoms with E-state index in [-0.39, 0.29) is 0 Å². The normalized spacial score (nSPS) is 13.3. The first kappa shape index (κ1) is 16.5. The van der Waals surface area contributed by atoms with Crippen molar-refractivity contribution in [3.05, 3.63) is 83.9 Å². The second kappa shape index (κ2) is 6.64. The molecule has 0 aliphatic rings. The molecular formula is C20H19O3P. The Labute approximate surface area is 142 Å². The monoisotopic (exact) mass is 338 g/mol. The highest BCUT2D eigenvalue weighted by Crippen LogP contribution is 2.44. The van der Waals surface area contributed by atoms with Gasteiger partial charge in [0.15, 0.2) is 0 Å². The number of hydrogen-bond acceptors (Lipinski definition) is 2. The van der Waals surface area contributed by atoms with Gasteiger partial charge in [0.1, 0.15) is 5.75 Å². The smallest absolute Gasteiger partial charge is 0.408 e. The molecule has 3 aromatic rings. The molecule has 1 atom stereocenters. The molecule has 0 aliphatic heterocycles. The predicted octanol–water partition coefficient (Wildman–Crippen LogP) is 4.86. The summed E-state index contributed by atoms with van der Waals surface area (Å²) in [6, 6.07) is 22.6. The van der Waals surface area contributed by atoms with Crippen molar-refractivity contribution in [1.29, 1.82) is 0 Å². The van der Waals surface area contributed by atoms with Gasteiger partial charge >= 0.3 is 7.60 Å². The highest BCUT2D eigenvalue weighted by Gasteiger charge is 2.26. The van der Waals surface area contributed by atoms with Gasteiger partial charge in [-0.1, -0.05) is 54.6 Å². The number of benzene rings is 3. The van der Waals surface area contributed by atoms with Crippen LogP contribution in [-0.4, -0.2) is 4.89 Å². The molecule has 122 valence electrons. The minimum absolute atomic E-state index is 0.330. The molecule has 0 spiro atoms. The van der Waals surface area contributed by atoms with E-state index in [0.717, 1.165) is 22.3 Å². The van der Waals surface area contributed by atoms with E-state index in [1.807, 2.05) is 55.5 Å². The Hall–Kier alpha value is -2.35. The third-order valence-corrected chi connectivity index (χ3v) is 5.48. The van der Waals surface area contributed by atoms with Crippen molar-refractivity contribution in [2.24, 2.45) is 0 Å². The van der Waals surface area contributed by atoms with E-state index in [2.05, 4.69) is 0 Å². The van der Waals surface area contributed by atoms with Crippen LogP contribution in [-0.2, 0) is 4.57 Å². The average Bonchev–Trinajstić information content (AvgIpc) is 2.57. The maximum atomic E-state index is 12.6. The number of hydrogen-bond donors (Lipinski definition) is 1. The second-order valence-corrected chi connectivity index (χ2v) is 7.45. The quantitative estimate of drug-likeness (QED) is 0.691. The molecule has 0 radical (unpaired) electrons. The molecule has 0 saturated heterocycles. The first-order valence-electron chi connectivity index (χ1n) is 7.72. The van der Waals surface area contributed by atoms with Gasteiger partial charge in [-0.2, -0.15) is 0 Å². The molecule has 3 aromatic carbocycles. The largest absolute Gasteiger partial charge is 0.421 e. The van der Waals surface area contributed by atoms with Gasteiger partial charge in [0.25, 0.3) is 0 Å². The third-order valence-electron chi connectivity index (χ3n) is 3.92. The lowest BCUT2D eigenvalue weighted by atomic mass is 10.0. The summed E-state index contributed by atoms with van der Waals surface area (Å²) < 4.78 is 18.1. The van der Waals surface area contributed by atoms with E-state index in [4.69, 9.17) is 4.52 Å². The number of rotatable bonds is 4. The van der Waals surface area contributed by atoms with Gasteiger partial charge < -0.3 is 9.42 Å². The second-order valence-electron chi connectivity index (χ2n) is 5.74. The van der Waals surface area contributed by atoms with Gasteiger partial charge in [-0.15, -0.1) is 0 Å². The van der Waals surface area contributed by atoms with Crippen molar-refractivity contribution < 1.29 is 14.0 Å². The van der Waals surface area contributed by atoms with Crippen LogP contribution in [0.2, 0.25) is 0 Å². The predicted molar refractivity (Wildman–Crippen MR) is 97.9 cm³/mol. The van der Waals surface area contributed by atoms with Crippen molar-refractivity contribution in [3.63, 3.8) is 0 Å². The lowest BCUT2D eigenvalue weighted by Crippen LogP contribution is -2.12. The molecule has 4 heteroatoms. The van der Waals surface area contributed by atoms with Crippen LogP contribution in [0.5, 0.6) is 5.75 Å². The standard InChI is InChI=1S/C20H19O3P/c1-15-8-6-7-11-20(15)24(21,22)23-19-13-12-18(14-16(19)2)17-9-4-3-5-10-17/h3-14H,1-2H3,(H,21,22). The van der Waals surface area contributed by atoms with Crippen LogP contribution in [0.3, 0.4) is 0 Å². The zero-order chi connectivity index (χ0) is 17.2. The molecule has 0 heterocycles. The van der Waals surface area contributed by atoms with Crippen LogP contribution < -0.4 is 9.83 Å². The Bertz CT molecular complexity index is 904. The molecule has 1 unspecified atom stereocenters. The first-order chi connectivity index (χ1) is 11.5. The summed E-state index contributed by atoms with van der Waals surface area (Å²) in [7, 11) is -3.92. The van der Waals surface area contributed by atoms with Gasteiger partial charge in [0, 0.05) is 0 Å². The summed E-state index contributed by atoms with van der Waals surface area (Å²) in [4.78, 5) is 10.4. The number of aryl methyl sites for hydroxylation is 2.